The minimum absolute atomic E-state index is 0.00353. The summed E-state index contributed by atoms with van der Waals surface area (Å²) in [4.78, 5) is 13.4. The summed E-state index contributed by atoms with van der Waals surface area (Å²) >= 11 is 5.97. The van der Waals surface area contributed by atoms with E-state index in [0.717, 1.165) is 23.6 Å². The van der Waals surface area contributed by atoms with E-state index in [1.807, 2.05) is 49.6 Å². The molecular formula is C17H20ClN5O. The molecule has 0 saturated heterocycles. The van der Waals surface area contributed by atoms with Crippen molar-refractivity contribution in [2.24, 2.45) is 0 Å². The molecule has 1 aromatic rings. The minimum atomic E-state index is 0.00353. The lowest BCUT2D eigenvalue weighted by Gasteiger charge is -2.20. The van der Waals surface area contributed by atoms with Gasteiger partial charge in [-0.3, -0.25) is 4.57 Å². The van der Waals surface area contributed by atoms with Gasteiger partial charge in [0.2, 0.25) is 0 Å². The summed E-state index contributed by atoms with van der Waals surface area (Å²) < 4.78 is 7.86. The Morgan fingerprint density at radius 2 is 1.96 bits per heavy atom. The molecule has 0 bridgehead atoms. The maximum Gasteiger partial charge on any atom is 0.300 e. The van der Waals surface area contributed by atoms with Gasteiger partial charge < -0.3 is 10.1 Å². The minimum Gasteiger partial charge on any atom is -0.462 e. The average molecular weight is 346 g/mol. The van der Waals surface area contributed by atoms with Crippen molar-refractivity contribution in [3.63, 3.8) is 0 Å². The summed E-state index contributed by atoms with van der Waals surface area (Å²) in [6.07, 6.45) is 1.55. The summed E-state index contributed by atoms with van der Waals surface area (Å²) in [7, 11) is 0. The average Bonchev–Trinajstić information content (AvgIpc) is 3.02. The van der Waals surface area contributed by atoms with E-state index < -0.39 is 0 Å². The first-order valence-corrected chi connectivity index (χ1v) is 8.32. The molecule has 1 N–H and O–H groups in total. The molecular weight excluding hydrogens is 326 g/mol. The van der Waals surface area contributed by atoms with Gasteiger partial charge in [0, 0.05) is 11.6 Å². The lowest BCUT2D eigenvalue weighted by atomic mass is 10.2. The second-order valence-corrected chi connectivity index (χ2v) is 6.13. The van der Waals surface area contributed by atoms with E-state index >= 15 is 0 Å². The normalized spacial score (nSPS) is 11.2. The molecule has 1 aromatic carbocycles. The second-order valence-electron chi connectivity index (χ2n) is 5.70. The van der Waals surface area contributed by atoms with Gasteiger partial charge in [-0.25, -0.2) is 9.97 Å². The molecule has 0 spiro atoms. The molecule has 7 heteroatoms. The van der Waals surface area contributed by atoms with Crippen molar-refractivity contribution in [1.82, 2.24) is 19.5 Å². The van der Waals surface area contributed by atoms with Crippen molar-refractivity contribution in [2.45, 2.75) is 33.4 Å². The second kappa shape index (κ2) is 7.05. The zero-order chi connectivity index (χ0) is 17.1. The van der Waals surface area contributed by atoms with Crippen molar-refractivity contribution < 1.29 is 4.74 Å². The van der Waals surface area contributed by atoms with Crippen molar-refractivity contribution in [1.29, 1.82) is 0 Å². The molecule has 126 valence electrons. The molecule has 0 unspecified atom stereocenters. The summed E-state index contributed by atoms with van der Waals surface area (Å²) in [6, 6.07) is 8.22. The van der Waals surface area contributed by atoms with Crippen LogP contribution in [0.15, 0.2) is 30.6 Å². The predicted octanol–water partition coefficient (Wildman–Crippen LogP) is 3.70. The Labute approximate surface area is 146 Å². The number of rotatable bonds is 6. The van der Waals surface area contributed by atoms with E-state index in [4.69, 9.17) is 16.3 Å². The van der Waals surface area contributed by atoms with Crippen LogP contribution in [0.4, 0.5) is 5.82 Å². The van der Waals surface area contributed by atoms with E-state index in [-0.39, 0.29) is 6.10 Å². The smallest absolute Gasteiger partial charge is 0.300 e. The highest BCUT2D eigenvalue weighted by molar-refractivity contribution is 6.30. The maximum absolute atomic E-state index is 5.97. The Kier molecular flexibility index (Phi) is 4.85. The fourth-order valence-electron chi connectivity index (χ4n) is 2.43. The van der Waals surface area contributed by atoms with Gasteiger partial charge in [-0.1, -0.05) is 23.7 Å². The van der Waals surface area contributed by atoms with Crippen molar-refractivity contribution in [3.05, 3.63) is 41.2 Å². The third kappa shape index (κ3) is 3.43. The van der Waals surface area contributed by atoms with E-state index in [0.29, 0.717) is 23.4 Å². The Morgan fingerprint density at radius 1 is 1.21 bits per heavy atom. The topological polar surface area (TPSA) is 64.9 Å². The van der Waals surface area contributed by atoms with Crippen LogP contribution in [-0.2, 0) is 6.54 Å². The van der Waals surface area contributed by atoms with Gasteiger partial charge in [-0.05, 0) is 38.5 Å². The van der Waals surface area contributed by atoms with Crippen molar-refractivity contribution in [3.8, 4) is 17.5 Å². The lowest BCUT2D eigenvalue weighted by Crippen LogP contribution is -2.18. The lowest BCUT2D eigenvalue weighted by molar-refractivity contribution is 0.210. The molecule has 0 saturated carbocycles. The Bertz CT molecular complexity index is 784. The van der Waals surface area contributed by atoms with Crippen LogP contribution in [0, 0.1) is 0 Å². The number of ether oxygens (including phenoxy) is 1. The summed E-state index contributed by atoms with van der Waals surface area (Å²) in [5, 5.41) is 3.93. The first-order valence-electron chi connectivity index (χ1n) is 7.94. The van der Waals surface area contributed by atoms with Crippen LogP contribution in [0.2, 0.25) is 5.02 Å². The highest BCUT2D eigenvalue weighted by atomic mass is 35.5. The molecule has 0 radical (unpaired) electrons. The van der Waals surface area contributed by atoms with Gasteiger partial charge in [0.15, 0.2) is 17.3 Å². The highest BCUT2D eigenvalue weighted by Crippen LogP contribution is 2.30. The monoisotopic (exact) mass is 345 g/mol. The van der Waals surface area contributed by atoms with Crippen LogP contribution in [0.3, 0.4) is 0 Å². The van der Waals surface area contributed by atoms with Crippen molar-refractivity contribution in [2.75, 3.05) is 11.9 Å². The van der Waals surface area contributed by atoms with Crippen LogP contribution in [0.1, 0.15) is 26.3 Å². The number of benzene rings is 1. The Balaban J connectivity index is 2.08. The zero-order valence-corrected chi connectivity index (χ0v) is 14.7. The summed E-state index contributed by atoms with van der Waals surface area (Å²) in [5.74, 6) is 1.43. The fourth-order valence-corrected chi connectivity index (χ4v) is 2.56. The van der Waals surface area contributed by atoms with Gasteiger partial charge >= 0.3 is 6.01 Å². The van der Waals surface area contributed by atoms with Gasteiger partial charge in [0.25, 0.3) is 0 Å². The number of halogens is 1. The van der Waals surface area contributed by atoms with Crippen LogP contribution in [0.5, 0.6) is 6.01 Å². The predicted molar refractivity (Wildman–Crippen MR) is 94.9 cm³/mol. The summed E-state index contributed by atoms with van der Waals surface area (Å²) in [6.45, 7) is 7.29. The standard InChI is InChI=1S/C17H20ClN5O/c1-4-19-15-14-16(21-10-20-14)23(17(22-15)24-11(2)3)9-12-5-7-13(18)8-6-12/h5-8,10-11,19H,4,9H2,1-3H3. The quantitative estimate of drug-likeness (QED) is 0.738. The number of imidazole rings is 1. The van der Waals surface area contributed by atoms with Gasteiger partial charge in [-0.2, -0.15) is 4.98 Å². The molecule has 0 aromatic heterocycles. The molecule has 2 heterocycles. The van der Waals surface area contributed by atoms with Gasteiger partial charge in [0.1, 0.15) is 6.33 Å². The third-order valence-electron chi connectivity index (χ3n) is 3.44. The maximum atomic E-state index is 5.97. The molecule has 0 fully saturated rings. The molecule has 6 nitrogen and oxygen atoms in total. The van der Waals surface area contributed by atoms with E-state index in [1.54, 1.807) is 6.33 Å². The number of aromatic nitrogens is 4. The highest BCUT2D eigenvalue weighted by Gasteiger charge is 2.22. The first kappa shape index (κ1) is 16.5. The van der Waals surface area contributed by atoms with Gasteiger partial charge in [0.05, 0.1) is 12.6 Å². The molecule has 24 heavy (non-hydrogen) atoms. The molecule has 0 amide bonds. The van der Waals surface area contributed by atoms with Crippen LogP contribution >= 0.6 is 11.6 Å². The number of anilines is 1. The van der Waals surface area contributed by atoms with Crippen LogP contribution < -0.4 is 10.1 Å². The van der Waals surface area contributed by atoms with E-state index in [1.165, 1.54) is 0 Å². The Morgan fingerprint density at radius 3 is 2.62 bits per heavy atom. The molecule has 2 aliphatic heterocycles. The third-order valence-corrected chi connectivity index (χ3v) is 3.69. The molecule has 3 rings (SSSR count). The number of nitrogens with one attached hydrogen (secondary N) is 1. The summed E-state index contributed by atoms with van der Waals surface area (Å²) in [5.41, 5.74) is 1.82. The fraction of sp³-hybridized carbons (Fsp3) is 0.353. The van der Waals surface area contributed by atoms with Crippen molar-refractivity contribution >= 4 is 17.4 Å². The number of hydrogen-bond donors (Lipinski definition) is 1. The number of nitrogens with zero attached hydrogens (tertiary/aromatic N) is 4. The first-order chi connectivity index (χ1) is 11.6. The zero-order valence-electron chi connectivity index (χ0n) is 14.0. The largest absolute Gasteiger partial charge is 0.462 e. The molecule has 2 aliphatic rings. The number of fused-ring (bicyclic) bond motifs is 1. The van der Waals surface area contributed by atoms with Crippen LogP contribution in [0.25, 0.3) is 11.5 Å². The van der Waals surface area contributed by atoms with Gasteiger partial charge in [-0.15, -0.1) is 0 Å². The van der Waals surface area contributed by atoms with Crippen LogP contribution in [-0.4, -0.2) is 32.2 Å². The molecule has 0 atom stereocenters. The Hall–Kier alpha value is -2.34. The SMILES string of the molecule is CCNc1nc(OC(C)C)n(Cc2ccc(Cl)cc2)c2ncnc1-2. The number of hydrogen-bond acceptors (Lipinski definition) is 5. The van der Waals surface area contributed by atoms with E-state index in [9.17, 15) is 0 Å². The van der Waals surface area contributed by atoms with E-state index in [2.05, 4.69) is 20.3 Å². The molecule has 0 aliphatic carbocycles.